The predicted molar refractivity (Wildman–Crippen MR) is 79.8 cm³/mol. The minimum absolute atomic E-state index is 0.0427. The van der Waals surface area contributed by atoms with E-state index in [0.29, 0.717) is 38.3 Å². The summed E-state index contributed by atoms with van der Waals surface area (Å²) in [5.41, 5.74) is 1.06. The molecule has 1 aromatic rings. The average molecular weight is 279 g/mol. The van der Waals surface area contributed by atoms with E-state index in [1.807, 2.05) is 38.1 Å². The Morgan fingerprint density at radius 1 is 1.40 bits per heavy atom. The van der Waals surface area contributed by atoms with Crippen LogP contribution >= 0.6 is 0 Å². The maximum Gasteiger partial charge on any atom is 0.220 e. The Labute approximate surface area is 121 Å². The van der Waals surface area contributed by atoms with Crippen molar-refractivity contribution in [1.82, 2.24) is 5.32 Å². The highest BCUT2D eigenvalue weighted by Crippen LogP contribution is 2.19. The summed E-state index contributed by atoms with van der Waals surface area (Å²) in [5, 5.41) is 11.7. The van der Waals surface area contributed by atoms with Crippen molar-refractivity contribution in [3.8, 4) is 5.75 Å². The van der Waals surface area contributed by atoms with Crippen LogP contribution in [0.5, 0.6) is 5.75 Å². The van der Waals surface area contributed by atoms with Crippen molar-refractivity contribution in [2.75, 3.05) is 19.8 Å². The Hall–Kier alpha value is -1.55. The van der Waals surface area contributed by atoms with Crippen LogP contribution in [-0.4, -0.2) is 30.8 Å². The summed E-state index contributed by atoms with van der Waals surface area (Å²) in [6.45, 7) is 5.38. The van der Waals surface area contributed by atoms with Gasteiger partial charge in [-0.1, -0.05) is 25.1 Å². The SMILES string of the molecule is CCOc1ccccc1CCC(=O)NCC(C)CCO. The van der Waals surface area contributed by atoms with Gasteiger partial charge in [0.2, 0.25) is 5.91 Å². The number of carbonyl (C=O) groups excluding carboxylic acids is 1. The molecule has 0 aliphatic heterocycles. The third kappa shape index (κ3) is 6.06. The molecule has 0 aliphatic rings. The lowest BCUT2D eigenvalue weighted by Crippen LogP contribution is -2.28. The number of hydrogen-bond acceptors (Lipinski definition) is 3. The monoisotopic (exact) mass is 279 g/mol. The van der Waals surface area contributed by atoms with Gasteiger partial charge in [0, 0.05) is 19.6 Å². The lowest BCUT2D eigenvalue weighted by atomic mass is 10.1. The molecule has 1 unspecified atom stereocenters. The van der Waals surface area contributed by atoms with Gasteiger partial charge >= 0.3 is 0 Å². The van der Waals surface area contributed by atoms with E-state index >= 15 is 0 Å². The molecule has 0 aliphatic carbocycles. The molecule has 20 heavy (non-hydrogen) atoms. The van der Waals surface area contributed by atoms with Crippen molar-refractivity contribution < 1.29 is 14.6 Å². The van der Waals surface area contributed by atoms with Crippen molar-refractivity contribution in [3.63, 3.8) is 0 Å². The van der Waals surface area contributed by atoms with Gasteiger partial charge in [-0.2, -0.15) is 0 Å². The first-order valence-electron chi connectivity index (χ1n) is 7.25. The lowest BCUT2D eigenvalue weighted by molar-refractivity contribution is -0.121. The molecule has 0 spiro atoms. The zero-order valence-electron chi connectivity index (χ0n) is 12.4. The van der Waals surface area contributed by atoms with Gasteiger partial charge in [-0.15, -0.1) is 0 Å². The summed E-state index contributed by atoms with van der Waals surface area (Å²) < 4.78 is 5.54. The minimum atomic E-state index is 0.0427. The van der Waals surface area contributed by atoms with Gasteiger partial charge in [0.25, 0.3) is 0 Å². The number of carbonyl (C=O) groups is 1. The molecular formula is C16H25NO3. The average Bonchev–Trinajstić information content (AvgIpc) is 2.45. The second-order valence-electron chi connectivity index (χ2n) is 4.96. The number of hydrogen-bond donors (Lipinski definition) is 2. The molecule has 1 amide bonds. The standard InChI is InChI=1S/C16H25NO3/c1-3-20-15-7-5-4-6-14(15)8-9-16(19)17-12-13(2)10-11-18/h4-7,13,18H,3,8-12H2,1-2H3,(H,17,19). The second kappa shape index (κ2) is 9.37. The van der Waals surface area contributed by atoms with Gasteiger partial charge in [-0.3, -0.25) is 4.79 Å². The Bertz CT molecular complexity index is 406. The smallest absolute Gasteiger partial charge is 0.220 e. The van der Waals surface area contributed by atoms with E-state index in [9.17, 15) is 4.79 Å². The van der Waals surface area contributed by atoms with Crippen molar-refractivity contribution in [1.29, 1.82) is 0 Å². The highest BCUT2D eigenvalue weighted by atomic mass is 16.5. The van der Waals surface area contributed by atoms with Crippen molar-refractivity contribution in [2.45, 2.75) is 33.1 Å². The molecule has 4 heteroatoms. The van der Waals surface area contributed by atoms with E-state index in [0.717, 1.165) is 11.3 Å². The second-order valence-corrected chi connectivity index (χ2v) is 4.96. The van der Waals surface area contributed by atoms with E-state index in [-0.39, 0.29) is 12.5 Å². The first-order chi connectivity index (χ1) is 9.67. The molecule has 112 valence electrons. The first-order valence-corrected chi connectivity index (χ1v) is 7.25. The predicted octanol–water partition coefficient (Wildman–Crippen LogP) is 2.15. The third-order valence-corrected chi connectivity index (χ3v) is 3.16. The van der Waals surface area contributed by atoms with Gasteiger partial charge < -0.3 is 15.2 Å². The van der Waals surface area contributed by atoms with Crippen LogP contribution in [0.15, 0.2) is 24.3 Å². The number of para-hydroxylation sites is 1. The van der Waals surface area contributed by atoms with Crippen LogP contribution in [0.2, 0.25) is 0 Å². The highest BCUT2D eigenvalue weighted by molar-refractivity contribution is 5.76. The molecule has 0 fully saturated rings. The fraction of sp³-hybridized carbons (Fsp3) is 0.562. The maximum atomic E-state index is 11.8. The van der Waals surface area contributed by atoms with Crippen molar-refractivity contribution in [3.05, 3.63) is 29.8 Å². The van der Waals surface area contributed by atoms with Gasteiger partial charge in [-0.05, 0) is 37.3 Å². The minimum Gasteiger partial charge on any atom is -0.494 e. The number of aryl methyl sites for hydroxylation is 1. The van der Waals surface area contributed by atoms with E-state index in [1.54, 1.807) is 0 Å². The van der Waals surface area contributed by atoms with Gasteiger partial charge in [0.15, 0.2) is 0 Å². The summed E-state index contributed by atoms with van der Waals surface area (Å²) in [6.07, 6.45) is 1.85. The Morgan fingerprint density at radius 2 is 2.15 bits per heavy atom. The van der Waals surface area contributed by atoms with Crippen LogP contribution in [0.1, 0.15) is 32.3 Å². The fourth-order valence-electron chi connectivity index (χ4n) is 1.95. The molecule has 2 N–H and O–H groups in total. The molecule has 4 nitrogen and oxygen atoms in total. The number of aliphatic hydroxyl groups is 1. The molecule has 0 saturated carbocycles. The first kappa shape index (κ1) is 16.5. The summed E-state index contributed by atoms with van der Waals surface area (Å²) >= 11 is 0. The van der Waals surface area contributed by atoms with Crippen LogP contribution in [0.3, 0.4) is 0 Å². The van der Waals surface area contributed by atoms with Gasteiger partial charge in [0.1, 0.15) is 5.75 Å². The number of nitrogens with one attached hydrogen (secondary N) is 1. The van der Waals surface area contributed by atoms with E-state index in [2.05, 4.69) is 5.32 Å². The Balaban J connectivity index is 2.37. The summed E-state index contributed by atoms with van der Waals surface area (Å²) in [4.78, 5) is 11.8. The van der Waals surface area contributed by atoms with E-state index in [4.69, 9.17) is 9.84 Å². The molecule has 0 heterocycles. The Kier molecular flexibility index (Phi) is 7.73. The van der Waals surface area contributed by atoms with Gasteiger partial charge in [-0.25, -0.2) is 0 Å². The molecule has 1 rings (SSSR count). The third-order valence-electron chi connectivity index (χ3n) is 3.16. The summed E-state index contributed by atoms with van der Waals surface area (Å²) in [5.74, 6) is 1.21. The van der Waals surface area contributed by atoms with Gasteiger partial charge in [0.05, 0.1) is 6.61 Å². The highest BCUT2D eigenvalue weighted by Gasteiger charge is 2.08. The number of benzene rings is 1. The zero-order chi connectivity index (χ0) is 14.8. The lowest BCUT2D eigenvalue weighted by Gasteiger charge is -2.12. The van der Waals surface area contributed by atoms with Crippen molar-refractivity contribution in [2.24, 2.45) is 5.92 Å². The van der Waals surface area contributed by atoms with Crippen LogP contribution in [-0.2, 0) is 11.2 Å². The van der Waals surface area contributed by atoms with Crippen LogP contribution in [0.4, 0.5) is 0 Å². The van der Waals surface area contributed by atoms with Crippen LogP contribution in [0.25, 0.3) is 0 Å². The largest absolute Gasteiger partial charge is 0.494 e. The number of amides is 1. The maximum absolute atomic E-state index is 11.8. The van der Waals surface area contributed by atoms with Crippen molar-refractivity contribution >= 4 is 5.91 Å². The number of rotatable bonds is 9. The van der Waals surface area contributed by atoms with E-state index < -0.39 is 0 Å². The molecule has 0 aromatic heterocycles. The molecular weight excluding hydrogens is 254 g/mol. The normalized spacial score (nSPS) is 11.9. The number of ether oxygens (including phenoxy) is 1. The summed E-state index contributed by atoms with van der Waals surface area (Å²) in [7, 11) is 0. The zero-order valence-corrected chi connectivity index (χ0v) is 12.4. The van der Waals surface area contributed by atoms with Crippen LogP contribution in [0, 0.1) is 5.92 Å². The number of aliphatic hydroxyl groups excluding tert-OH is 1. The quantitative estimate of drug-likeness (QED) is 0.728. The molecule has 0 radical (unpaired) electrons. The molecule has 0 saturated heterocycles. The topological polar surface area (TPSA) is 58.6 Å². The Morgan fingerprint density at radius 3 is 2.85 bits per heavy atom. The molecule has 0 bridgehead atoms. The van der Waals surface area contributed by atoms with E-state index in [1.165, 1.54) is 0 Å². The summed E-state index contributed by atoms with van der Waals surface area (Å²) in [6, 6.07) is 7.82. The van der Waals surface area contributed by atoms with Crippen LogP contribution < -0.4 is 10.1 Å². The molecule has 1 aromatic carbocycles. The molecule has 1 atom stereocenters. The fourth-order valence-corrected chi connectivity index (χ4v) is 1.95.